The van der Waals surface area contributed by atoms with Crippen molar-refractivity contribution in [1.29, 1.82) is 0 Å². The Balaban J connectivity index is 1.52. The van der Waals surface area contributed by atoms with Crippen molar-refractivity contribution in [2.24, 2.45) is 5.92 Å². The minimum atomic E-state index is -3.49. The summed E-state index contributed by atoms with van der Waals surface area (Å²) in [5.74, 6) is 0.338. The van der Waals surface area contributed by atoms with E-state index in [0.717, 1.165) is 54.6 Å². The fourth-order valence-corrected chi connectivity index (χ4v) is 4.85. The lowest BCUT2D eigenvalue weighted by molar-refractivity contribution is -0.119. The van der Waals surface area contributed by atoms with Crippen molar-refractivity contribution in [2.75, 3.05) is 16.2 Å². The highest BCUT2D eigenvalue weighted by atomic mass is 32.2. The first-order chi connectivity index (χ1) is 12.9. The molecule has 0 unspecified atom stereocenters. The summed E-state index contributed by atoms with van der Waals surface area (Å²) < 4.78 is 27.8. The van der Waals surface area contributed by atoms with Gasteiger partial charge in [0.1, 0.15) is 0 Å². The molecule has 0 radical (unpaired) electrons. The molecule has 2 aliphatic rings. The van der Waals surface area contributed by atoms with Gasteiger partial charge in [0.15, 0.2) is 0 Å². The first kappa shape index (κ1) is 18.0. The molecular formula is C21H24N2O3S. The van der Waals surface area contributed by atoms with Crippen molar-refractivity contribution in [3.63, 3.8) is 0 Å². The Hall–Kier alpha value is -2.34. The molecule has 0 saturated heterocycles. The molecule has 4 rings (SSSR count). The van der Waals surface area contributed by atoms with Gasteiger partial charge >= 0.3 is 0 Å². The van der Waals surface area contributed by atoms with Crippen LogP contribution in [0.4, 0.5) is 11.4 Å². The van der Waals surface area contributed by atoms with Crippen molar-refractivity contribution in [3.8, 4) is 0 Å². The molecule has 1 aliphatic carbocycles. The molecule has 1 fully saturated rings. The molecule has 2 aromatic rings. The molecule has 2 aromatic carbocycles. The van der Waals surface area contributed by atoms with E-state index in [0.29, 0.717) is 5.69 Å². The smallest absolute Gasteiger partial charge is 0.236 e. The van der Waals surface area contributed by atoms with Gasteiger partial charge in [-0.3, -0.25) is 9.52 Å². The normalized spacial score (nSPS) is 16.7. The van der Waals surface area contributed by atoms with Gasteiger partial charge in [-0.25, -0.2) is 8.42 Å². The second-order valence-electron chi connectivity index (χ2n) is 7.56. The number of sulfonamides is 1. The Bertz CT molecular complexity index is 981. The van der Waals surface area contributed by atoms with E-state index in [4.69, 9.17) is 0 Å². The second-order valence-corrected chi connectivity index (χ2v) is 9.28. The SMILES string of the molecule is Cc1cccc(CS(=O)(=O)Nc2ccc3c(c2)CCCN3C(=O)C2CC2)c1. The molecule has 6 heteroatoms. The van der Waals surface area contributed by atoms with Crippen molar-refractivity contribution in [1.82, 2.24) is 0 Å². The first-order valence-corrected chi connectivity index (χ1v) is 11.1. The number of hydrogen-bond donors (Lipinski definition) is 1. The lowest BCUT2D eigenvalue weighted by atomic mass is 10.0. The maximum absolute atomic E-state index is 12.5. The summed E-state index contributed by atoms with van der Waals surface area (Å²) in [5, 5.41) is 0. The number of rotatable bonds is 5. The zero-order chi connectivity index (χ0) is 19.0. The van der Waals surface area contributed by atoms with E-state index in [1.54, 1.807) is 6.07 Å². The fourth-order valence-electron chi connectivity index (χ4n) is 3.68. The van der Waals surface area contributed by atoms with Crippen LogP contribution in [-0.2, 0) is 27.0 Å². The fraction of sp³-hybridized carbons (Fsp3) is 0.381. The summed E-state index contributed by atoms with van der Waals surface area (Å²) in [7, 11) is -3.49. The number of aryl methyl sites for hydroxylation is 2. The minimum Gasteiger partial charge on any atom is -0.312 e. The predicted octanol–water partition coefficient (Wildman–Crippen LogP) is 3.63. The van der Waals surface area contributed by atoms with Crippen molar-refractivity contribution in [3.05, 3.63) is 59.2 Å². The third kappa shape index (κ3) is 4.16. The highest BCUT2D eigenvalue weighted by Crippen LogP contribution is 2.36. The van der Waals surface area contributed by atoms with Gasteiger partial charge in [0.25, 0.3) is 0 Å². The Kier molecular flexibility index (Phi) is 4.68. The van der Waals surface area contributed by atoms with Gasteiger partial charge < -0.3 is 4.90 Å². The summed E-state index contributed by atoms with van der Waals surface area (Å²) in [5.41, 5.74) is 4.33. The molecule has 0 spiro atoms. The van der Waals surface area contributed by atoms with Crippen molar-refractivity contribution >= 4 is 27.3 Å². The van der Waals surface area contributed by atoms with Crippen LogP contribution in [0.25, 0.3) is 0 Å². The quantitative estimate of drug-likeness (QED) is 0.856. The zero-order valence-corrected chi connectivity index (χ0v) is 16.3. The standard InChI is InChI=1S/C21H24N2O3S/c1-15-4-2-5-16(12-15)14-27(25,26)22-19-9-10-20-18(13-19)6-3-11-23(20)21(24)17-7-8-17/h2,4-5,9-10,12-13,17,22H,3,6-8,11,14H2,1H3. The van der Waals surface area contributed by atoms with Crippen LogP contribution in [0.3, 0.4) is 0 Å². The van der Waals surface area contributed by atoms with Crippen LogP contribution >= 0.6 is 0 Å². The lowest BCUT2D eigenvalue weighted by Crippen LogP contribution is -2.36. The third-order valence-electron chi connectivity index (χ3n) is 5.10. The van der Waals surface area contributed by atoms with Crippen LogP contribution < -0.4 is 9.62 Å². The molecular weight excluding hydrogens is 360 g/mol. The molecule has 27 heavy (non-hydrogen) atoms. The van der Waals surface area contributed by atoms with Crippen LogP contribution in [0, 0.1) is 12.8 Å². The number of nitrogens with one attached hydrogen (secondary N) is 1. The molecule has 5 nitrogen and oxygen atoms in total. The monoisotopic (exact) mass is 384 g/mol. The number of fused-ring (bicyclic) bond motifs is 1. The van der Waals surface area contributed by atoms with Crippen LogP contribution in [0.15, 0.2) is 42.5 Å². The van der Waals surface area contributed by atoms with Crippen LogP contribution in [-0.4, -0.2) is 20.9 Å². The molecule has 1 aliphatic heterocycles. The molecule has 0 aromatic heterocycles. The summed E-state index contributed by atoms with van der Waals surface area (Å²) >= 11 is 0. The number of hydrogen-bond acceptors (Lipinski definition) is 3. The van der Waals surface area contributed by atoms with Crippen LogP contribution in [0.1, 0.15) is 36.0 Å². The minimum absolute atomic E-state index is 0.0575. The largest absolute Gasteiger partial charge is 0.312 e. The number of carbonyl (C=O) groups is 1. The molecule has 1 saturated carbocycles. The number of carbonyl (C=O) groups excluding carboxylic acids is 1. The van der Waals surface area contributed by atoms with Crippen LogP contribution in [0.2, 0.25) is 0 Å². The maximum atomic E-state index is 12.5. The molecule has 142 valence electrons. The van der Waals surface area contributed by atoms with Gasteiger partial charge in [0.05, 0.1) is 5.75 Å². The van der Waals surface area contributed by atoms with Gasteiger partial charge in [-0.05, 0) is 61.9 Å². The third-order valence-corrected chi connectivity index (χ3v) is 6.36. The van der Waals surface area contributed by atoms with E-state index >= 15 is 0 Å². The molecule has 0 bridgehead atoms. The maximum Gasteiger partial charge on any atom is 0.236 e. The summed E-state index contributed by atoms with van der Waals surface area (Å²) in [6, 6.07) is 13.0. The number of anilines is 2. The summed E-state index contributed by atoms with van der Waals surface area (Å²) in [6.07, 6.45) is 3.74. The van der Waals surface area contributed by atoms with E-state index in [1.165, 1.54) is 0 Å². The van der Waals surface area contributed by atoms with E-state index in [9.17, 15) is 13.2 Å². The number of nitrogens with zero attached hydrogens (tertiary/aromatic N) is 1. The zero-order valence-electron chi connectivity index (χ0n) is 15.4. The predicted molar refractivity (Wildman–Crippen MR) is 107 cm³/mol. The molecule has 1 N–H and O–H groups in total. The van der Waals surface area contributed by atoms with Gasteiger partial charge in [-0.1, -0.05) is 29.8 Å². The summed E-state index contributed by atoms with van der Waals surface area (Å²) in [6.45, 7) is 2.70. The topological polar surface area (TPSA) is 66.5 Å². The van der Waals surface area contributed by atoms with E-state index in [-0.39, 0.29) is 17.6 Å². The van der Waals surface area contributed by atoms with Crippen molar-refractivity contribution < 1.29 is 13.2 Å². The Morgan fingerprint density at radius 3 is 2.74 bits per heavy atom. The van der Waals surface area contributed by atoms with Crippen LogP contribution in [0.5, 0.6) is 0 Å². The molecule has 1 heterocycles. The van der Waals surface area contributed by atoms with Crippen molar-refractivity contribution in [2.45, 2.75) is 38.4 Å². The average molecular weight is 385 g/mol. The average Bonchev–Trinajstić information content (AvgIpc) is 3.44. The second kappa shape index (κ2) is 7.00. The van der Waals surface area contributed by atoms with E-state index in [2.05, 4.69) is 4.72 Å². The van der Waals surface area contributed by atoms with Gasteiger partial charge in [-0.15, -0.1) is 0 Å². The van der Waals surface area contributed by atoms with E-state index < -0.39 is 10.0 Å². The molecule has 1 amide bonds. The van der Waals surface area contributed by atoms with Gasteiger partial charge in [-0.2, -0.15) is 0 Å². The first-order valence-electron chi connectivity index (χ1n) is 9.42. The Morgan fingerprint density at radius 1 is 1.19 bits per heavy atom. The van der Waals surface area contributed by atoms with Gasteiger partial charge in [0, 0.05) is 23.8 Å². The number of benzene rings is 2. The van der Waals surface area contributed by atoms with Gasteiger partial charge in [0.2, 0.25) is 15.9 Å². The molecule has 0 atom stereocenters. The number of amides is 1. The highest BCUT2D eigenvalue weighted by molar-refractivity contribution is 7.91. The van der Waals surface area contributed by atoms with E-state index in [1.807, 2.05) is 48.2 Å². The Labute approximate surface area is 160 Å². The lowest BCUT2D eigenvalue weighted by Gasteiger charge is -2.30. The highest BCUT2D eigenvalue weighted by Gasteiger charge is 2.35. The summed E-state index contributed by atoms with van der Waals surface area (Å²) in [4.78, 5) is 14.4. The Morgan fingerprint density at radius 2 is 2.00 bits per heavy atom.